The fraction of sp³-hybridized carbons (Fsp3) is 0.444. The quantitative estimate of drug-likeness (QED) is 0.663. The fourth-order valence-electron chi connectivity index (χ4n) is 2.31. The van der Waals surface area contributed by atoms with Gasteiger partial charge in [0, 0.05) is 10.4 Å². The van der Waals surface area contributed by atoms with Crippen molar-refractivity contribution >= 4 is 17.3 Å². The lowest BCUT2D eigenvalue weighted by Crippen LogP contribution is -2.07. The average molecular weight is 349 g/mol. The summed E-state index contributed by atoms with van der Waals surface area (Å²) >= 11 is 1.52. The molecule has 2 aromatic rings. The molecule has 24 heavy (non-hydrogen) atoms. The van der Waals surface area contributed by atoms with Gasteiger partial charge < -0.3 is 14.2 Å². The summed E-state index contributed by atoms with van der Waals surface area (Å²) < 4.78 is 16.1. The number of esters is 1. The van der Waals surface area contributed by atoms with Crippen LogP contribution in [0, 0.1) is 0 Å². The van der Waals surface area contributed by atoms with Crippen LogP contribution in [0.3, 0.4) is 0 Å². The van der Waals surface area contributed by atoms with E-state index in [4.69, 9.17) is 14.2 Å². The van der Waals surface area contributed by atoms with Crippen molar-refractivity contribution in [3.05, 3.63) is 28.8 Å². The van der Waals surface area contributed by atoms with Crippen molar-refractivity contribution in [1.29, 1.82) is 0 Å². The van der Waals surface area contributed by atoms with Crippen LogP contribution in [0.2, 0.25) is 0 Å². The zero-order valence-corrected chi connectivity index (χ0v) is 15.4. The third-order valence-corrected chi connectivity index (χ3v) is 4.52. The monoisotopic (exact) mass is 349 g/mol. The Morgan fingerprint density at radius 1 is 1.17 bits per heavy atom. The molecule has 2 rings (SSSR count). The summed E-state index contributed by atoms with van der Waals surface area (Å²) in [5.41, 5.74) is 1.32. The molecule has 1 aromatic heterocycles. The van der Waals surface area contributed by atoms with Crippen LogP contribution in [-0.2, 0) is 11.2 Å². The second kappa shape index (κ2) is 8.68. The molecule has 0 bridgehead atoms. The first-order valence-electron chi connectivity index (χ1n) is 8.12. The van der Waals surface area contributed by atoms with Crippen molar-refractivity contribution < 1.29 is 19.0 Å². The van der Waals surface area contributed by atoms with E-state index in [2.05, 4.69) is 11.9 Å². The number of methoxy groups -OCH3 is 1. The summed E-state index contributed by atoms with van der Waals surface area (Å²) in [6.07, 6.45) is 1.75. The van der Waals surface area contributed by atoms with E-state index in [1.165, 1.54) is 11.3 Å². The number of thiazole rings is 1. The van der Waals surface area contributed by atoms with Crippen molar-refractivity contribution in [3.8, 4) is 22.1 Å². The third kappa shape index (κ3) is 4.06. The average Bonchev–Trinajstić information content (AvgIpc) is 3.00. The van der Waals surface area contributed by atoms with Crippen molar-refractivity contribution in [2.75, 3.05) is 20.3 Å². The van der Waals surface area contributed by atoms with Crippen LogP contribution in [0.5, 0.6) is 11.5 Å². The number of carbonyl (C=O) groups excluding carboxylic acids is 1. The van der Waals surface area contributed by atoms with Gasteiger partial charge in [0.2, 0.25) is 0 Å². The number of aromatic nitrogens is 1. The smallest absolute Gasteiger partial charge is 0.358 e. The van der Waals surface area contributed by atoms with Crippen molar-refractivity contribution in [2.24, 2.45) is 0 Å². The molecule has 0 fully saturated rings. The van der Waals surface area contributed by atoms with Gasteiger partial charge in [-0.15, -0.1) is 11.3 Å². The van der Waals surface area contributed by atoms with Gasteiger partial charge in [-0.3, -0.25) is 0 Å². The molecule has 0 atom stereocenters. The number of benzene rings is 1. The minimum Gasteiger partial charge on any atom is -0.493 e. The molecule has 0 spiro atoms. The molecule has 0 unspecified atom stereocenters. The molecule has 0 N–H and O–H groups in total. The second-order valence-electron chi connectivity index (χ2n) is 5.06. The molecule has 0 aliphatic carbocycles. The standard InChI is InChI=1S/C18H23NO4S/c1-5-8-15-16(18(20)23-7-3)19-17(24-15)12-9-10-13(21-4)14(11-12)22-6-2/h9-11H,5-8H2,1-4H3. The summed E-state index contributed by atoms with van der Waals surface area (Å²) in [6, 6.07) is 5.67. The Morgan fingerprint density at radius 3 is 2.58 bits per heavy atom. The third-order valence-electron chi connectivity index (χ3n) is 3.35. The van der Waals surface area contributed by atoms with E-state index >= 15 is 0 Å². The van der Waals surface area contributed by atoms with Crippen LogP contribution in [-0.4, -0.2) is 31.3 Å². The zero-order chi connectivity index (χ0) is 17.5. The molecule has 0 saturated heterocycles. The van der Waals surface area contributed by atoms with Crippen molar-refractivity contribution in [1.82, 2.24) is 4.98 Å². The Bertz CT molecular complexity index is 696. The minimum atomic E-state index is -0.359. The molecule has 1 heterocycles. The lowest BCUT2D eigenvalue weighted by atomic mass is 10.2. The Kier molecular flexibility index (Phi) is 6.61. The molecular weight excluding hydrogens is 326 g/mol. The summed E-state index contributed by atoms with van der Waals surface area (Å²) in [5.74, 6) is 0.987. The Morgan fingerprint density at radius 2 is 1.96 bits per heavy atom. The summed E-state index contributed by atoms with van der Waals surface area (Å²) in [7, 11) is 1.61. The SMILES string of the molecule is CCCc1sc(-c2ccc(OC)c(OCC)c2)nc1C(=O)OCC. The molecule has 5 nitrogen and oxygen atoms in total. The number of aryl methyl sites for hydroxylation is 1. The molecule has 6 heteroatoms. The maximum absolute atomic E-state index is 12.1. The lowest BCUT2D eigenvalue weighted by Gasteiger charge is -2.10. The normalized spacial score (nSPS) is 10.5. The van der Waals surface area contributed by atoms with Gasteiger partial charge in [-0.2, -0.15) is 0 Å². The minimum absolute atomic E-state index is 0.342. The van der Waals surface area contributed by atoms with Gasteiger partial charge in [0.1, 0.15) is 5.01 Å². The second-order valence-corrected chi connectivity index (χ2v) is 6.14. The van der Waals surface area contributed by atoms with Gasteiger partial charge in [0.25, 0.3) is 0 Å². The van der Waals surface area contributed by atoms with Crippen LogP contribution in [0.25, 0.3) is 10.6 Å². The number of rotatable bonds is 8. The lowest BCUT2D eigenvalue weighted by molar-refractivity contribution is 0.0519. The van der Waals surface area contributed by atoms with Crippen LogP contribution in [0.4, 0.5) is 0 Å². The highest BCUT2D eigenvalue weighted by molar-refractivity contribution is 7.15. The van der Waals surface area contributed by atoms with Crippen LogP contribution < -0.4 is 9.47 Å². The Balaban J connectivity index is 2.42. The van der Waals surface area contributed by atoms with Gasteiger partial charge >= 0.3 is 5.97 Å². The number of nitrogens with zero attached hydrogens (tertiary/aromatic N) is 1. The van der Waals surface area contributed by atoms with Crippen LogP contribution in [0.15, 0.2) is 18.2 Å². The number of ether oxygens (including phenoxy) is 3. The van der Waals surface area contributed by atoms with E-state index < -0.39 is 0 Å². The summed E-state index contributed by atoms with van der Waals surface area (Å²) in [5, 5.41) is 0.783. The molecule has 0 aliphatic heterocycles. The van der Waals surface area contributed by atoms with Gasteiger partial charge in [0.15, 0.2) is 17.2 Å². The van der Waals surface area contributed by atoms with Gasteiger partial charge in [-0.05, 0) is 38.5 Å². The van der Waals surface area contributed by atoms with Gasteiger partial charge in [-0.1, -0.05) is 13.3 Å². The van der Waals surface area contributed by atoms with Crippen molar-refractivity contribution in [3.63, 3.8) is 0 Å². The first-order chi connectivity index (χ1) is 11.6. The summed E-state index contributed by atoms with van der Waals surface area (Å²) in [6.45, 7) is 6.69. The van der Waals surface area contributed by atoms with E-state index in [0.29, 0.717) is 30.4 Å². The number of hydrogen-bond donors (Lipinski definition) is 0. The molecule has 0 radical (unpaired) electrons. The maximum Gasteiger partial charge on any atom is 0.358 e. The largest absolute Gasteiger partial charge is 0.493 e. The zero-order valence-electron chi connectivity index (χ0n) is 14.5. The topological polar surface area (TPSA) is 57.7 Å². The first kappa shape index (κ1) is 18.3. The molecule has 0 amide bonds. The van der Waals surface area contributed by atoms with Gasteiger partial charge in [0.05, 0.1) is 20.3 Å². The predicted octanol–water partition coefficient (Wildman–Crippen LogP) is 4.35. The number of carbonyl (C=O) groups is 1. The van der Waals surface area contributed by atoms with Crippen molar-refractivity contribution in [2.45, 2.75) is 33.6 Å². The van der Waals surface area contributed by atoms with Crippen LogP contribution in [0.1, 0.15) is 42.6 Å². The first-order valence-corrected chi connectivity index (χ1v) is 8.94. The number of hydrogen-bond acceptors (Lipinski definition) is 6. The van der Waals surface area contributed by atoms with Crippen LogP contribution >= 0.6 is 11.3 Å². The van der Waals surface area contributed by atoms with E-state index in [1.807, 2.05) is 25.1 Å². The molecular formula is C18H23NO4S. The fourth-order valence-corrected chi connectivity index (χ4v) is 3.46. The highest BCUT2D eigenvalue weighted by Crippen LogP contribution is 2.35. The Labute approximate surface area is 146 Å². The highest BCUT2D eigenvalue weighted by Gasteiger charge is 2.20. The molecule has 130 valence electrons. The summed E-state index contributed by atoms with van der Waals surface area (Å²) in [4.78, 5) is 17.6. The molecule has 0 saturated carbocycles. The predicted molar refractivity (Wildman–Crippen MR) is 95.2 cm³/mol. The molecule has 1 aromatic carbocycles. The Hall–Kier alpha value is -2.08. The van der Waals surface area contributed by atoms with E-state index in [-0.39, 0.29) is 5.97 Å². The van der Waals surface area contributed by atoms with E-state index in [1.54, 1.807) is 14.0 Å². The maximum atomic E-state index is 12.1. The highest BCUT2D eigenvalue weighted by atomic mass is 32.1. The van der Waals surface area contributed by atoms with Gasteiger partial charge in [-0.25, -0.2) is 9.78 Å². The van der Waals surface area contributed by atoms with E-state index in [9.17, 15) is 4.79 Å². The van der Waals surface area contributed by atoms with E-state index in [0.717, 1.165) is 28.3 Å². The molecule has 0 aliphatic rings.